The predicted octanol–water partition coefficient (Wildman–Crippen LogP) is 5.42. The first kappa shape index (κ1) is 24.7. The Morgan fingerprint density at radius 3 is 2.62 bits per heavy atom. The second-order valence-electron chi connectivity index (χ2n) is 7.09. The van der Waals surface area contributed by atoms with E-state index in [4.69, 9.17) is 40.3 Å². The van der Waals surface area contributed by atoms with Crippen molar-refractivity contribution < 1.29 is 28.3 Å². The number of nitrogens with zero attached hydrogens (tertiary/aromatic N) is 2. The molecule has 176 valence electrons. The fraction of sp³-hybridized carbons (Fsp3) is 0.240. The van der Waals surface area contributed by atoms with Gasteiger partial charge in [-0.2, -0.15) is 5.26 Å². The van der Waals surface area contributed by atoms with Gasteiger partial charge in [0.05, 0.1) is 41.6 Å². The van der Waals surface area contributed by atoms with Gasteiger partial charge in [0.25, 0.3) is 0 Å². The van der Waals surface area contributed by atoms with Crippen LogP contribution in [0, 0.1) is 25.2 Å². The molecule has 0 aliphatic heterocycles. The third-order valence-corrected chi connectivity index (χ3v) is 5.07. The minimum absolute atomic E-state index is 0.0535. The summed E-state index contributed by atoms with van der Waals surface area (Å²) in [5.74, 6) is 1.34. The van der Waals surface area contributed by atoms with Gasteiger partial charge in [-0.1, -0.05) is 22.8 Å². The zero-order valence-electron chi connectivity index (χ0n) is 19.2. The van der Waals surface area contributed by atoms with Crippen LogP contribution < -0.4 is 18.9 Å². The second-order valence-corrected chi connectivity index (χ2v) is 7.49. The molecule has 0 saturated heterocycles. The van der Waals surface area contributed by atoms with Crippen LogP contribution in [0.1, 0.15) is 35.1 Å². The molecule has 0 aliphatic carbocycles. The highest BCUT2D eigenvalue weighted by molar-refractivity contribution is 6.32. The maximum Gasteiger partial charge on any atom is 0.336 e. The summed E-state index contributed by atoms with van der Waals surface area (Å²) in [5.41, 5.74) is 2.63. The lowest BCUT2D eigenvalue weighted by atomic mass is 10.2. The molecule has 3 rings (SSSR count). The molecular formula is C25H23ClN2O6. The number of halogens is 1. The summed E-state index contributed by atoms with van der Waals surface area (Å²) in [6.45, 7) is 6.04. The lowest BCUT2D eigenvalue weighted by Crippen LogP contribution is -2.06. The molecule has 0 spiro atoms. The van der Waals surface area contributed by atoms with Crippen molar-refractivity contribution in [1.29, 1.82) is 5.26 Å². The highest BCUT2D eigenvalue weighted by Crippen LogP contribution is 2.37. The summed E-state index contributed by atoms with van der Waals surface area (Å²) >= 11 is 6.18. The Morgan fingerprint density at radius 1 is 1.18 bits per heavy atom. The first-order valence-electron chi connectivity index (χ1n) is 10.3. The molecule has 8 nitrogen and oxygen atoms in total. The van der Waals surface area contributed by atoms with Gasteiger partial charge in [-0.05, 0) is 50.6 Å². The Kier molecular flexibility index (Phi) is 8.17. The van der Waals surface area contributed by atoms with Gasteiger partial charge in [0.1, 0.15) is 12.4 Å². The van der Waals surface area contributed by atoms with Crippen molar-refractivity contribution in [3.05, 3.63) is 69.6 Å². The number of aryl methyl sites for hydroxylation is 2. The van der Waals surface area contributed by atoms with Gasteiger partial charge < -0.3 is 23.5 Å². The monoisotopic (exact) mass is 482 g/mol. The number of methoxy groups -OCH3 is 1. The van der Waals surface area contributed by atoms with E-state index in [9.17, 15) is 4.79 Å². The number of ether oxygens (including phenoxy) is 4. The minimum atomic E-state index is -0.662. The third kappa shape index (κ3) is 5.88. The van der Waals surface area contributed by atoms with Gasteiger partial charge in [0, 0.05) is 12.1 Å². The lowest BCUT2D eigenvalue weighted by molar-refractivity contribution is -0.129. The summed E-state index contributed by atoms with van der Waals surface area (Å²) in [7, 11) is 1.53. The molecule has 0 fully saturated rings. The summed E-state index contributed by atoms with van der Waals surface area (Å²) < 4.78 is 27.3. The average Bonchev–Trinajstić information content (AvgIpc) is 3.15. The first-order chi connectivity index (χ1) is 16.4. The van der Waals surface area contributed by atoms with Crippen LogP contribution in [-0.4, -0.2) is 24.8 Å². The van der Waals surface area contributed by atoms with E-state index in [1.54, 1.807) is 31.2 Å². The highest BCUT2D eigenvalue weighted by Gasteiger charge is 2.16. The largest absolute Gasteiger partial charge is 0.493 e. The number of rotatable bonds is 9. The summed E-state index contributed by atoms with van der Waals surface area (Å²) in [6.07, 6.45) is 2.82. The molecule has 0 amide bonds. The molecule has 0 aliphatic rings. The van der Waals surface area contributed by atoms with Gasteiger partial charge in [-0.25, -0.2) is 4.79 Å². The van der Waals surface area contributed by atoms with E-state index in [1.165, 1.54) is 25.3 Å². The molecule has 0 radical (unpaired) electrons. The number of aromatic nitrogens is 1. The van der Waals surface area contributed by atoms with Crippen LogP contribution in [0.5, 0.6) is 23.0 Å². The third-order valence-electron chi connectivity index (χ3n) is 4.79. The van der Waals surface area contributed by atoms with Crippen molar-refractivity contribution in [2.75, 3.05) is 13.7 Å². The zero-order valence-corrected chi connectivity index (χ0v) is 19.9. The molecule has 2 aromatic carbocycles. The standard InChI is InChI=1S/C25H23ClN2O6/c1-5-31-23-12-18(13-27)10-20(26)25(23)33-24(29)9-7-17-6-8-21(22(11-17)30-4)32-14-19-15(2)28-34-16(19)3/h6-12H,5,14H2,1-4H3/b9-7+. The topological polar surface area (TPSA) is 104 Å². The Bertz CT molecular complexity index is 1240. The Labute approximate surface area is 202 Å². The zero-order chi connectivity index (χ0) is 24.7. The Balaban J connectivity index is 1.72. The van der Waals surface area contributed by atoms with Gasteiger partial charge in [-0.3, -0.25) is 0 Å². The van der Waals surface area contributed by atoms with E-state index < -0.39 is 5.97 Å². The molecule has 0 saturated carbocycles. The van der Waals surface area contributed by atoms with E-state index in [2.05, 4.69) is 5.16 Å². The first-order valence-corrected chi connectivity index (χ1v) is 10.7. The van der Waals surface area contributed by atoms with Crippen molar-refractivity contribution in [3.63, 3.8) is 0 Å². The number of carbonyl (C=O) groups is 1. The van der Waals surface area contributed by atoms with E-state index in [0.29, 0.717) is 35.0 Å². The predicted molar refractivity (Wildman–Crippen MR) is 125 cm³/mol. The van der Waals surface area contributed by atoms with E-state index in [0.717, 1.165) is 11.3 Å². The number of benzene rings is 2. The van der Waals surface area contributed by atoms with Gasteiger partial charge in [0.15, 0.2) is 23.0 Å². The number of hydrogen-bond donors (Lipinski definition) is 0. The molecule has 1 heterocycles. The van der Waals surface area contributed by atoms with Crippen LogP contribution in [0.2, 0.25) is 5.02 Å². The van der Waals surface area contributed by atoms with Crippen LogP contribution in [0.3, 0.4) is 0 Å². The number of hydrogen-bond acceptors (Lipinski definition) is 8. The molecule has 0 N–H and O–H groups in total. The van der Waals surface area contributed by atoms with Crippen LogP contribution in [0.15, 0.2) is 40.9 Å². The van der Waals surface area contributed by atoms with Crippen LogP contribution in [-0.2, 0) is 11.4 Å². The van der Waals surface area contributed by atoms with E-state index >= 15 is 0 Å². The minimum Gasteiger partial charge on any atom is -0.493 e. The van der Waals surface area contributed by atoms with Crippen LogP contribution in [0.4, 0.5) is 0 Å². The molecule has 0 atom stereocenters. The summed E-state index contributed by atoms with van der Waals surface area (Å²) in [5, 5.41) is 13.1. The van der Waals surface area contributed by atoms with Crippen molar-refractivity contribution in [2.45, 2.75) is 27.4 Å². The van der Waals surface area contributed by atoms with Crippen molar-refractivity contribution >= 4 is 23.6 Å². The van der Waals surface area contributed by atoms with Crippen LogP contribution >= 0.6 is 11.6 Å². The summed E-state index contributed by atoms with van der Waals surface area (Å²) in [4.78, 5) is 12.4. The maximum atomic E-state index is 12.4. The fourth-order valence-corrected chi connectivity index (χ4v) is 3.31. The van der Waals surface area contributed by atoms with Crippen LogP contribution in [0.25, 0.3) is 6.08 Å². The molecule has 34 heavy (non-hydrogen) atoms. The molecule has 9 heteroatoms. The highest BCUT2D eigenvalue weighted by atomic mass is 35.5. The Morgan fingerprint density at radius 2 is 1.97 bits per heavy atom. The van der Waals surface area contributed by atoms with Crippen molar-refractivity contribution in [2.24, 2.45) is 0 Å². The molecule has 0 bridgehead atoms. The van der Waals surface area contributed by atoms with E-state index in [1.807, 2.05) is 19.9 Å². The molecule has 1 aromatic heterocycles. The molecule has 0 unspecified atom stereocenters. The maximum absolute atomic E-state index is 12.4. The molecular weight excluding hydrogens is 460 g/mol. The van der Waals surface area contributed by atoms with Gasteiger partial charge in [-0.15, -0.1) is 0 Å². The van der Waals surface area contributed by atoms with Crippen molar-refractivity contribution in [3.8, 4) is 29.1 Å². The average molecular weight is 483 g/mol. The fourth-order valence-electron chi connectivity index (χ4n) is 3.06. The molecule has 3 aromatic rings. The quantitative estimate of drug-likeness (QED) is 0.226. The number of nitriles is 1. The lowest BCUT2D eigenvalue weighted by Gasteiger charge is -2.12. The summed E-state index contributed by atoms with van der Waals surface area (Å²) in [6, 6.07) is 10.1. The number of carbonyl (C=O) groups excluding carboxylic acids is 1. The number of esters is 1. The smallest absolute Gasteiger partial charge is 0.336 e. The second kappa shape index (κ2) is 11.3. The van der Waals surface area contributed by atoms with E-state index in [-0.39, 0.29) is 23.1 Å². The SMILES string of the molecule is CCOc1cc(C#N)cc(Cl)c1OC(=O)/C=C/c1ccc(OCc2c(C)noc2C)c(OC)c1. The Hall–Kier alpha value is -3.96. The normalized spacial score (nSPS) is 10.7. The van der Waals surface area contributed by atoms with Gasteiger partial charge in [0.2, 0.25) is 0 Å². The van der Waals surface area contributed by atoms with Crippen molar-refractivity contribution in [1.82, 2.24) is 5.16 Å². The van der Waals surface area contributed by atoms with Gasteiger partial charge >= 0.3 is 5.97 Å².